The molecule has 2 rings (SSSR count). The number of benzene rings is 1. The summed E-state index contributed by atoms with van der Waals surface area (Å²) in [7, 11) is 0. The molecule has 1 aromatic carbocycles. The summed E-state index contributed by atoms with van der Waals surface area (Å²) in [6, 6.07) is 5.67. The highest BCUT2D eigenvalue weighted by molar-refractivity contribution is 6.33. The maximum atomic E-state index is 11.9. The van der Waals surface area contributed by atoms with Crippen molar-refractivity contribution in [1.29, 1.82) is 0 Å². The molecule has 0 amide bonds. The van der Waals surface area contributed by atoms with E-state index in [1.54, 1.807) is 0 Å². The zero-order valence-corrected chi connectivity index (χ0v) is 12.8. The average molecular weight is 297 g/mol. The Hall–Kier alpha value is -1.26. The molecule has 4 nitrogen and oxygen atoms in total. The fourth-order valence-corrected chi connectivity index (χ4v) is 2.33. The van der Waals surface area contributed by atoms with E-state index in [9.17, 15) is 4.79 Å². The third-order valence-electron chi connectivity index (χ3n) is 3.45. The number of halogens is 1. The van der Waals surface area contributed by atoms with Crippen molar-refractivity contribution in [2.45, 2.75) is 39.3 Å². The van der Waals surface area contributed by atoms with Crippen LogP contribution in [0, 0.1) is 5.41 Å². The zero-order valence-electron chi connectivity index (χ0n) is 12.1. The van der Waals surface area contributed by atoms with Crippen LogP contribution in [0.2, 0.25) is 5.02 Å². The van der Waals surface area contributed by atoms with Crippen molar-refractivity contribution in [1.82, 2.24) is 5.32 Å². The van der Waals surface area contributed by atoms with Gasteiger partial charge in [0.25, 0.3) is 0 Å². The first-order valence-corrected chi connectivity index (χ1v) is 7.14. The van der Waals surface area contributed by atoms with Crippen molar-refractivity contribution in [2.24, 2.45) is 5.41 Å². The molecule has 2 atom stereocenters. The van der Waals surface area contributed by atoms with Gasteiger partial charge in [0.15, 0.2) is 6.23 Å². The predicted molar refractivity (Wildman–Crippen MR) is 80.6 cm³/mol. The van der Waals surface area contributed by atoms with Crippen LogP contribution in [0.5, 0.6) is 0 Å². The van der Waals surface area contributed by atoms with Gasteiger partial charge in [-0.1, -0.05) is 17.7 Å². The molecule has 20 heavy (non-hydrogen) atoms. The molecule has 0 radical (unpaired) electrons. The number of nitrogens with two attached hydrogens (primary N) is 1. The Labute approximate surface area is 124 Å². The minimum absolute atomic E-state index is 0.189. The second-order valence-electron chi connectivity index (χ2n) is 6.27. The lowest BCUT2D eigenvalue weighted by molar-refractivity contribution is -0.159. The summed E-state index contributed by atoms with van der Waals surface area (Å²) in [5, 5.41) is 3.79. The molecule has 1 aliphatic heterocycles. The molecule has 1 aliphatic rings. The predicted octanol–water partition coefficient (Wildman–Crippen LogP) is 2.91. The van der Waals surface area contributed by atoms with E-state index >= 15 is 0 Å². The van der Waals surface area contributed by atoms with Gasteiger partial charge in [-0.05, 0) is 38.5 Å². The minimum atomic E-state index is -0.482. The van der Waals surface area contributed by atoms with E-state index in [2.05, 4.69) is 5.32 Å². The number of hydrogen-bond donors (Lipinski definition) is 2. The smallest absolute Gasteiger partial charge is 0.312 e. The van der Waals surface area contributed by atoms with Crippen molar-refractivity contribution >= 4 is 23.3 Å². The second-order valence-corrected chi connectivity index (χ2v) is 6.67. The largest absolute Gasteiger partial charge is 0.446 e. The topological polar surface area (TPSA) is 64.3 Å². The van der Waals surface area contributed by atoms with Crippen LogP contribution in [-0.2, 0) is 9.53 Å². The van der Waals surface area contributed by atoms with E-state index in [1.165, 1.54) is 0 Å². The summed E-state index contributed by atoms with van der Waals surface area (Å²) in [5.41, 5.74) is 6.93. The molecule has 0 aliphatic carbocycles. The molecule has 0 saturated carbocycles. The Morgan fingerprint density at radius 2 is 2.15 bits per heavy atom. The Morgan fingerprint density at radius 1 is 1.45 bits per heavy atom. The summed E-state index contributed by atoms with van der Waals surface area (Å²) in [4.78, 5) is 11.9. The van der Waals surface area contributed by atoms with Crippen LogP contribution in [0.25, 0.3) is 0 Å². The highest BCUT2D eigenvalue weighted by Crippen LogP contribution is 2.31. The van der Waals surface area contributed by atoms with E-state index in [0.29, 0.717) is 10.7 Å². The number of ether oxygens (including phenoxy) is 1. The molecule has 5 heteroatoms. The van der Waals surface area contributed by atoms with Crippen molar-refractivity contribution in [3.8, 4) is 0 Å². The van der Waals surface area contributed by atoms with Crippen LogP contribution < -0.4 is 11.1 Å². The van der Waals surface area contributed by atoms with Gasteiger partial charge in [0.2, 0.25) is 0 Å². The highest BCUT2D eigenvalue weighted by atomic mass is 35.5. The summed E-state index contributed by atoms with van der Waals surface area (Å²) in [5.74, 6) is 0.0943. The van der Waals surface area contributed by atoms with Crippen molar-refractivity contribution in [3.63, 3.8) is 0 Å². The first kappa shape index (κ1) is 15.1. The lowest BCUT2D eigenvalue weighted by atomic mass is 9.96. The van der Waals surface area contributed by atoms with Crippen molar-refractivity contribution in [2.75, 3.05) is 12.3 Å². The van der Waals surface area contributed by atoms with Gasteiger partial charge in [0, 0.05) is 18.9 Å². The van der Waals surface area contributed by atoms with Crippen LogP contribution in [0.15, 0.2) is 18.2 Å². The Kier molecular flexibility index (Phi) is 4.25. The van der Waals surface area contributed by atoms with Gasteiger partial charge >= 0.3 is 5.97 Å². The fraction of sp³-hybridized carbons (Fsp3) is 0.533. The molecule has 1 aromatic rings. The van der Waals surface area contributed by atoms with E-state index in [-0.39, 0.29) is 18.1 Å². The Bertz CT molecular complexity index is 511. The fourth-order valence-electron chi connectivity index (χ4n) is 2.15. The van der Waals surface area contributed by atoms with Gasteiger partial charge in [0.1, 0.15) is 0 Å². The molecule has 1 fully saturated rings. The third kappa shape index (κ3) is 3.44. The maximum Gasteiger partial charge on any atom is 0.312 e. The number of nitrogen functional groups attached to an aromatic ring is 1. The molecule has 1 heterocycles. The average Bonchev–Trinajstić information content (AvgIpc) is 2.80. The molecule has 3 N–H and O–H groups in total. The van der Waals surface area contributed by atoms with E-state index in [1.807, 2.05) is 39.0 Å². The Morgan fingerprint density at radius 3 is 2.75 bits per heavy atom. The third-order valence-corrected chi connectivity index (χ3v) is 3.78. The molecule has 0 spiro atoms. The molecule has 110 valence electrons. The molecule has 2 unspecified atom stereocenters. The van der Waals surface area contributed by atoms with Gasteiger partial charge < -0.3 is 10.5 Å². The summed E-state index contributed by atoms with van der Waals surface area (Å²) in [6.07, 6.45) is 0.519. The second kappa shape index (κ2) is 5.62. The first-order valence-electron chi connectivity index (χ1n) is 6.77. The van der Waals surface area contributed by atoms with E-state index in [0.717, 1.165) is 18.5 Å². The van der Waals surface area contributed by atoms with Gasteiger partial charge in [-0.25, -0.2) is 0 Å². The lowest BCUT2D eigenvalue weighted by Crippen LogP contribution is -2.33. The van der Waals surface area contributed by atoms with E-state index < -0.39 is 5.41 Å². The van der Waals surface area contributed by atoms with Crippen LogP contribution >= 0.6 is 11.6 Å². The number of carbonyl (C=O) groups is 1. The van der Waals surface area contributed by atoms with Gasteiger partial charge in [-0.15, -0.1) is 0 Å². The van der Waals surface area contributed by atoms with Gasteiger partial charge in [-0.3, -0.25) is 10.1 Å². The molecular formula is C15H21ClN2O2. The lowest BCUT2D eigenvalue weighted by Gasteiger charge is -2.20. The van der Waals surface area contributed by atoms with E-state index in [4.69, 9.17) is 22.1 Å². The number of hydrogen-bond acceptors (Lipinski definition) is 4. The summed E-state index contributed by atoms with van der Waals surface area (Å²) in [6.45, 7) is 6.31. The van der Waals surface area contributed by atoms with Crippen LogP contribution in [-0.4, -0.2) is 18.7 Å². The quantitative estimate of drug-likeness (QED) is 0.650. The number of rotatable bonds is 2. The van der Waals surface area contributed by atoms with Crippen LogP contribution in [0.3, 0.4) is 0 Å². The molecular weight excluding hydrogens is 276 g/mol. The standard InChI is InChI=1S/C15H21ClN2O2/c1-15(2,3)14(19)20-13-7-10(8-18-13)9-4-5-12(17)11(16)6-9/h4-6,10,13,18H,7-8,17H2,1-3H3. The molecule has 0 bridgehead atoms. The zero-order chi connectivity index (χ0) is 14.9. The molecule has 1 saturated heterocycles. The van der Waals surface area contributed by atoms with Gasteiger partial charge in [-0.2, -0.15) is 0 Å². The number of nitrogens with one attached hydrogen (secondary N) is 1. The Balaban J connectivity index is 1.98. The summed E-state index contributed by atoms with van der Waals surface area (Å²) < 4.78 is 5.47. The van der Waals surface area contributed by atoms with Crippen molar-refractivity contribution in [3.05, 3.63) is 28.8 Å². The SMILES string of the molecule is CC(C)(C)C(=O)OC1CC(c2ccc(N)c(Cl)c2)CN1. The minimum Gasteiger partial charge on any atom is -0.446 e. The summed E-state index contributed by atoms with van der Waals surface area (Å²) >= 11 is 6.04. The van der Waals surface area contributed by atoms with Crippen molar-refractivity contribution < 1.29 is 9.53 Å². The first-order chi connectivity index (χ1) is 9.27. The van der Waals surface area contributed by atoms with Crippen LogP contribution in [0.1, 0.15) is 38.7 Å². The maximum absolute atomic E-state index is 11.9. The normalized spacial score (nSPS) is 22.8. The number of anilines is 1. The number of carbonyl (C=O) groups excluding carboxylic acids is 1. The monoisotopic (exact) mass is 296 g/mol. The van der Waals surface area contributed by atoms with Gasteiger partial charge in [0.05, 0.1) is 16.1 Å². The highest BCUT2D eigenvalue weighted by Gasteiger charge is 2.31. The van der Waals surface area contributed by atoms with Crippen LogP contribution in [0.4, 0.5) is 5.69 Å². The molecule has 0 aromatic heterocycles. The number of esters is 1.